The molecule has 0 amide bonds. The van der Waals surface area contributed by atoms with Crippen molar-refractivity contribution in [3.05, 3.63) is 41.5 Å². The molecule has 7 heteroatoms. The second-order valence-corrected chi connectivity index (χ2v) is 7.18. The van der Waals surface area contributed by atoms with E-state index in [1.165, 1.54) is 25.3 Å². The van der Waals surface area contributed by atoms with Crippen molar-refractivity contribution in [3.63, 3.8) is 0 Å². The van der Waals surface area contributed by atoms with Crippen LogP contribution >= 0.6 is 0 Å². The van der Waals surface area contributed by atoms with E-state index in [2.05, 4.69) is 0 Å². The van der Waals surface area contributed by atoms with Gasteiger partial charge in [0.05, 0.1) is 7.11 Å². The van der Waals surface area contributed by atoms with Gasteiger partial charge in [-0.15, -0.1) is 0 Å². The molecule has 0 unspecified atom stereocenters. The number of phenolic OH excluding ortho intramolecular Hbond substituents is 3. The van der Waals surface area contributed by atoms with Crippen molar-refractivity contribution in [2.75, 3.05) is 13.7 Å². The van der Waals surface area contributed by atoms with Crippen LogP contribution in [0.15, 0.2) is 30.3 Å². The van der Waals surface area contributed by atoms with Crippen LogP contribution in [0.2, 0.25) is 0.515 Å². The number of rotatable bonds is 8. The second-order valence-electron chi connectivity index (χ2n) is 5.61. The van der Waals surface area contributed by atoms with E-state index in [0.29, 0.717) is 73.5 Å². The topological polar surface area (TPSA) is 96.2 Å². The molecule has 3 N–H and O–H groups in total. The zero-order chi connectivity index (χ0) is 18.4. The number of ketones is 1. The average Bonchev–Trinajstić information content (AvgIpc) is 2.57. The van der Waals surface area contributed by atoms with E-state index in [9.17, 15) is 20.1 Å². The number of aryl methyl sites for hydroxylation is 1. The molecule has 0 fully saturated rings. The Kier molecular flexibility index (Phi) is 7.58. The quantitative estimate of drug-likeness (QED) is 0.488. The van der Waals surface area contributed by atoms with Crippen LogP contribution < -0.4 is 9.47 Å². The first-order valence-electron chi connectivity index (χ1n) is 8.04. The van der Waals surface area contributed by atoms with Gasteiger partial charge >= 0.3 is 147 Å². The molecule has 6 nitrogen and oxygen atoms in total. The minimum atomic E-state index is -0.387. The van der Waals surface area contributed by atoms with Gasteiger partial charge in [0, 0.05) is 0 Å². The Morgan fingerprint density at radius 2 is 1.76 bits per heavy atom. The van der Waals surface area contributed by atoms with Gasteiger partial charge in [-0.25, -0.2) is 0 Å². The SMILES string of the molecule is COc1ccc(CCC(=O)c2c(O)cc(OC[CH2][K])cc2O)cc1O. The van der Waals surface area contributed by atoms with Crippen LogP contribution in [-0.4, -0.2) is 83.8 Å². The standard InChI is InChI=1S/C18H19O6.K/c1-3-24-12-9-15(21)18(16(22)10-12)13(19)6-4-11-5-7-17(23-2)14(20)8-11;/h5,7-10,20-22H,1,3-4,6H2,2H3;. The molecule has 2 rings (SSSR count). The smallest absolute Gasteiger partial charge is 0.504 e. The molecule has 0 spiro atoms. The Bertz CT molecular complexity index is 736. The van der Waals surface area contributed by atoms with Gasteiger partial charge in [0.2, 0.25) is 0 Å². The summed E-state index contributed by atoms with van der Waals surface area (Å²) in [5.41, 5.74) is 0.637. The zero-order valence-electron chi connectivity index (χ0n) is 14.3. The fourth-order valence-corrected chi connectivity index (χ4v) is 2.77. The first-order valence-corrected chi connectivity index (χ1v) is 10.2. The number of phenols is 3. The Morgan fingerprint density at radius 3 is 2.32 bits per heavy atom. The van der Waals surface area contributed by atoms with Crippen molar-refractivity contribution in [2.24, 2.45) is 0 Å². The second kappa shape index (κ2) is 9.45. The number of ether oxygens (including phenoxy) is 2. The van der Waals surface area contributed by atoms with Gasteiger partial charge < -0.3 is 9.84 Å². The van der Waals surface area contributed by atoms with Gasteiger partial charge in [-0.2, -0.15) is 0 Å². The third-order valence-corrected chi connectivity index (χ3v) is 4.34. The van der Waals surface area contributed by atoms with Crippen molar-refractivity contribution in [2.45, 2.75) is 13.4 Å². The van der Waals surface area contributed by atoms with Crippen LogP contribution in [-0.2, 0) is 6.42 Å². The third-order valence-electron chi connectivity index (χ3n) is 3.71. The van der Waals surface area contributed by atoms with Crippen LogP contribution in [0.3, 0.4) is 0 Å². The van der Waals surface area contributed by atoms with E-state index in [1.807, 2.05) is 0 Å². The molecule has 0 aliphatic rings. The normalized spacial score (nSPS) is 10.5. The van der Waals surface area contributed by atoms with Crippen LogP contribution in [0, 0.1) is 0 Å². The van der Waals surface area contributed by atoms with Gasteiger partial charge in [0.1, 0.15) is 0 Å². The molecule has 0 atom stereocenters. The predicted octanol–water partition coefficient (Wildman–Crippen LogP) is 2.59. The molecule has 25 heavy (non-hydrogen) atoms. The van der Waals surface area contributed by atoms with E-state index in [-0.39, 0.29) is 35.0 Å². The summed E-state index contributed by atoms with van der Waals surface area (Å²) in [6, 6.07) is 7.58. The molecule has 0 aliphatic heterocycles. The van der Waals surface area contributed by atoms with E-state index in [0.717, 1.165) is 6.08 Å². The van der Waals surface area contributed by atoms with Crippen molar-refractivity contribution >= 4 is 54.7 Å². The summed E-state index contributed by atoms with van der Waals surface area (Å²) < 4.78 is 11.3. The summed E-state index contributed by atoms with van der Waals surface area (Å²) in [7, 11) is 1.46. The molecule has 0 saturated heterocycles. The van der Waals surface area contributed by atoms with E-state index >= 15 is 0 Å². The third kappa shape index (κ3) is 5.36. The Morgan fingerprint density at radius 1 is 1.08 bits per heavy atom. The number of carbonyl (C=O) groups excluding carboxylic acids is 1. The van der Waals surface area contributed by atoms with Gasteiger partial charge in [-0.3, -0.25) is 0 Å². The molecule has 128 valence electrons. The minimum Gasteiger partial charge on any atom is -0.504 e. The number of aromatic hydroxyl groups is 3. The summed E-state index contributed by atoms with van der Waals surface area (Å²) in [4.78, 5) is 12.4. The van der Waals surface area contributed by atoms with Crippen LogP contribution in [0.5, 0.6) is 28.7 Å². The van der Waals surface area contributed by atoms with E-state index in [1.54, 1.807) is 12.1 Å². The summed E-state index contributed by atoms with van der Waals surface area (Å²) in [6.07, 6.45) is 0.436. The van der Waals surface area contributed by atoms with Gasteiger partial charge in [0.25, 0.3) is 0 Å². The van der Waals surface area contributed by atoms with Crippen molar-refractivity contribution in [1.29, 1.82) is 0 Å². The molecule has 0 radical (unpaired) electrons. The molecule has 0 heterocycles. The van der Waals surface area contributed by atoms with E-state index < -0.39 is 0 Å². The van der Waals surface area contributed by atoms with Crippen molar-refractivity contribution in [3.8, 4) is 28.7 Å². The van der Waals surface area contributed by atoms with Gasteiger partial charge in [-0.1, -0.05) is 0 Å². The molecule has 2 aromatic carbocycles. The number of Topliss-reactive ketones (excluding diaryl/α,β-unsaturated/α-hetero) is 1. The monoisotopic (exact) mass is 370 g/mol. The average molecular weight is 370 g/mol. The Balaban J connectivity index is 2.09. The summed E-state index contributed by atoms with van der Waals surface area (Å²) in [6.45, 7) is 0.535. The predicted molar refractivity (Wildman–Crippen MR) is 93.1 cm³/mol. The number of carbonyl (C=O) groups is 1. The van der Waals surface area contributed by atoms with Crippen molar-refractivity contribution < 1.29 is 29.6 Å². The maximum atomic E-state index is 12.4. The fraction of sp³-hybridized carbons (Fsp3) is 0.278. The summed E-state index contributed by atoms with van der Waals surface area (Å²) in [5, 5.41) is 29.9. The summed E-state index contributed by atoms with van der Waals surface area (Å²) in [5.74, 6) is -0.278. The van der Waals surface area contributed by atoms with Crippen LogP contribution in [0.25, 0.3) is 0 Å². The molecular formula is C18H19KO6. The van der Waals surface area contributed by atoms with Gasteiger partial charge in [-0.05, 0) is 6.07 Å². The van der Waals surface area contributed by atoms with Crippen LogP contribution in [0.1, 0.15) is 22.3 Å². The van der Waals surface area contributed by atoms with E-state index in [4.69, 9.17) is 9.47 Å². The molecule has 0 aromatic heterocycles. The van der Waals surface area contributed by atoms with Gasteiger partial charge in [0.15, 0.2) is 11.5 Å². The maximum absolute atomic E-state index is 12.4. The molecular weight excluding hydrogens is 351 g/mol. The molecule has 0 saturated carbocycles. The first-order chi connectivity index (χ1) is 12.0. The number of methoxy groups -OCH3 is 1. The van der Waals surface area contributed by atoms with Crippen LogP contribution in [0.4, 0.5) is 0 Å². The number of hydrogen-bond acceptors (Lipinski definition) is 6. The number of hydrogen-bond donors (Lipinski definition) is 3. The molecule has 2 aromatic rings. The minimum absolute atomic E-state index is 0.000276. The Hall–Kier alpha value is -1.25. The number of benzene rings is 2. The Labute approximate surface area is 180 Å². The zero-order valence-corrected chi connectivity index (χ0v) is 17.4. The molecule has 0 bridgehead atoms. The first kappa shape index (κ1) is 20.1. The summed E-state index contributed by atoms with van der Waals surface area (Å²) >= 11 is 0.670. The fourth-order valence-electron chi connectivity index (χ4n) is 2.45. The van der Waals surface area contributed by atoms with Crippen molar-refractivity contribution in [1.82, 2.24) is 0 Å². The molecule has 0 aliphatic carbocycles.